The largest absolute Gasteiger partial charge is 0.392 e. The maximum absolute atomic E-state index is 11.5. The number of hydrogen-bond acceptors (Lipinski definition) is 4. The van der Waals surface area contributed by atoms with E-state index in [0.717, 1.165) is 0 Å². The fourth-order valence-electron chi connectivity index (χ4n) is 1.68. The van der Waals surface area contributed by atoms with Crippen molar-refractivity contribution in [2.24, 2.45) is 5.14 Å². The summed E-state index contributed by atoms with van der Waals surface area (Å²) in [7, 11) is -3.81. The number of sulfonamides is 1. The first-order chi connectivity index (χ1) is 8.52. The number of aliphatic hydroxyl groups is 1. The topological polar surface area (TPSA) is 93.3 Å². The third-order valence-electron chi connectivity index (χ3n) is 2.52. The van der Waals surface area contributed by atoms with Gasteiger partial charge in [-0.15, -0.1) is 0 Å². The highest BCUT2D eigenvalue weighted by atomic mass is 32.2. The van der Waals surface area contributed by atoms with Gasteiger partial charge in [0.2, 0.25) is 10.0 Å². The lowest BCUT2D eigenvalue weighted by molar-refractivity contribution is 0.282. The highest BCUT2D eigenvalue weighted by Crippen LogP contribution is 2.27. The molecule has 0 spiro atoms. The van der Waals surface area contributed by atoms with Crippen LogP contribution in [0.25, 0.3) is 11.1 Å². The maximum atomic E-state index is 11.5. The van der Waals surface area contributed by atoms with Crippen molar-refractivity contribution in [3.63, 3.8) is 0 Å². The Labute approximate surface area is 105 Å². The zero-order chi connectivity index (χ0) is 13.2. The molecule has 3 N–H and O–H groups in total. The second kappa shape index (κ2) is 4.85. The van der Waals surface area contributed by atoms with Crippen LogP contribution in [0.2, 0.25) is 0 Å². The average Bonchev–Trinajstić information content (AvgIpc) is 2.38. The van der Waals surface area contributed by atoms with Crippen molar-refractivity contribution < 1.29 is 13.5 Å². The van der Waals surface area contributed by atoms with Crippen LogP contribution in [0, 0.1) is 0 Å². The van der Waals surface area contributed by atoms with Gasteiger partial charge in [-0.1, -0.05) is 6.07 Å². The highest BCUT2D eigenvalue weighted by molar-refractivity contribution is 7.89. The Morgan fingerprint density at radius 2 is 1.83 bits per heavy atom. The van der Waals surface area contributed by atoms with Gasteiger partial charge in [0.15, 0.2) is 0 Å². The van der Waals surface area contributed by atoms with Crippen LogP contribution < -0.4 is 5.14 Å². The zero-order valence-corrected chi connectivity index (χ0v) is 10.3. The molecule has 2 rings (SSSR count). The van der Waals surface area contributed by atoms with E-state index in [0.29, 0.717) is 16.7 Å². The molecule has 0 saturated carbocycles. The fourth-order valence-corrected chi connectivity index (χ4v) is 2.42. The summed E-state index contributed by atoms with van der Waals surface area (Å²) >= 11 is 0. The van der Waals surface area contributed by atoms with Crippen LogP contribution in [-0.2, 0) is 16.6 Å². The van der Waals surface area contributed by atoms with Crippen molar-refractivity contribution in [1.82, 2.24) is 4.98 Å². The molecule has 5 nitrogen and oxygen atoms in total. The second-order valence-corrected chi connectivity index (χ2v) is 5.30. The Bertz CT molecular complexity index is 654. The molecule has 6 heteroatoms. The van der Waals surface area contributed by atoms with Gasteiger partial charge >= 0.3 is 0 Å². The van der Waals surface area contributed by atoms with E-state index in [1.54, 1.807) is 30.6 Å². The SMILES string of the molecule is NS(=O)(=O)c1ccc(CO)cc1-c1ccncc1. The Balaban J connectivity index is 2.70. The summed E-state index contributed by atoms with van der Waals surface area (Å²) in [6, 6.07) is 7.91. The molecular formula is C12H12N2O3S. The molecule has 0 fully saturated rings. The van der Waals surface area contributed by atoms with E-state index < -0.39 is 10.0 Å². The summed E-state index contributed by atoms with van der Waals surface area (Å²) in [4.78, 5) is 3.91. The van der Waals surface area contributed by atoms with Gasteiger partial charge in [-0.2, -0.15) is 0 Å². The average molecular weight is 264 g/mol. The molecule has 0 aliphatic carbocycles. The normalized spacial score (nSPS) is 11.4. The Morgan fingerprint density at radius 1 is 1.17 bits per heavy atom. The number of rotatable bonds is 3. The first kappa shape index (κ1) is 12.7. The van der Waals surface area contributed by atoms with Gasteiger partial charge in [0.05, 0.1) is 11.5 Å². The maximum Gasteiger partial charge on any atom is 0.238 e. The van der Waals surface area contributed by atoms with Crippen LogP contribution in [0.4, 0.5) is 0 Å². The smallest absolute Gasteiger partial charge is 0.238 e. The van der Waals surface area contributed by atoms with Crippen LogP contribution in [0.15, 0.2) is 47.6 Å². The second-order valence-electron chi connectivity index (χ2n) is 3.77. The quantitative estimate of drug-likeness (QED) is 0.860. The molecule has 0 aliphatic rings. The molecule has 1 heterocycles. The Hall–Kier alpha value is -1.76. The number of aliphatic hydroxyl groups excluding tert-OH is 1. The number of nitrogens with zero attached hydrogens (tertiary/aromatic N) is 1. The van der Waals surface area contributed by atoms with Gasteiger partial charge in [0, 0.05) is 18.0 Å². The van der Waals surface area contributed by atoms with Crippen LogP contribution in [0.5, 0.6) is 0 Å². The minimum absolute atomic E-state index is 0.0332. The van der Waals surface area contributed by atoms with Crippen molar-refractivity contribution in [3.8, 4) is 11.1 Å². The van der Waals surface area contributed by atoms with Gasteiger partial charge < -0.3 is 5.11 Å². The third-order valence-corrected chi connectivity index (χ3v) is 3.49. The molecule has 18 heavy (non-hydrogen) atoms. The van der Waals surface area contributed by atoms with Gasteiger partial charge in [-0.25, -0.2) is 13.6 Å². The number of benzene rings is 1. The number of pyridine rings is 1. The van der Waals surface area contributed by atoms with E-state index in [9.17, 15) is 8.42 Å². The van der Waals surface area contributed by atoms with E-state index in [-0.39, 0.29) is 11.5 Å². The van der Waals surface area contributed by atoms with Gasteiger partial charge in [0.1, 0.15) is 0 Å². The molecule has 2 aromatic rings. The van der Waals surface area contributed by atoms with Crippen molar-refractivity contribution in [1.29, 1.82) is 0 Å². The van der Waals surface area contributed by atoms with Crippen molar-refractivity contribution >= 4 is 10.0 Å². The number of hydrogen-bond donors (Lipinski definition) is 2. The minimum atomic E-state index is -3.81. The van der Waals surface area contributed by atoms with E-state index in [1.165, 1.54) is 12.1 Å². The lowest BCUT2D eigenvalue weighted by Gasteiger charge is -2.09. The summed E-state index contributed by atoms with van der Waals surface area (Å²) < 4.78 is 23.1. The van der Waals surface area contributed by atoms with Crippen molar-refractivity contribution in [2.75, 3.05) is 0 Å². The van der Waals surface area contributed by atoms with Gasteiger partial charge in [-0.05, 0) is 35.4 Å². The van der Waals surface area contributed by atoms with Gasteiger partial charge in [0.25, 0.3) is 0 Å². The number of nitrogens with two attached hydrogens (primary N) is 1. The monoisotopic (exact) mass is 264 g/mol. The van der Waals surface area contributed by atoms with Crippen LogP contribution in [-0.4, -0.2) is 18.5 Å². The molecule has 0 amide bonds. The molecule has 0 unspecified atom stereocenters. The van der Waals surface area contributed by atoms with Gasteiger partial charge in [-0.3, -0.25) is 4.98 Å². The number of aromatic nitrogens is 1. The first-order valence-corrected chi connectivity index (χ1v) is 6.74. The summed E-state index contributed by atoms with van der Waals surface area (Å²) in [6.07, 6.45) is 3.13. The van der Waals surface area contributed by atoms with Crippen molar-refractivity contribution in [3.05, 3.63) is 48.3 Å². The molecule has 94 valence electrons. The summed E-state index contributed by atoms with van der Waals surface area (Å²) in [6.45, 7) is -0.164. The molecular weight excluding hydrogens is 252 g/mol. The summed E-state index contributed by atoms with van der Waals surface area (Å²) in [5, 5.41) is 14.3. The summed E-state index contributed by atoms with van der Waals surface area (Å²) in [5.74, 6) is 0. The predicted octanol–water partition coefficient (Wildman–Crippen LogP) is 0.888. The highest BCUT2D eigenvalue weighted by Gasteiger charge is 2.15. The molecule has 1 aromatic carbocycles. The molecule has 0 radical (unpaired) electrons. The zero-order valence-electron chi connectivity index (χ0n) is 9.45. The summed E-state index contributed by atoms with van der Waals surface area (Å²) in [5.41, 5.74) is 1.77. The molecule has 1 aromatic heterocycles. The molecule has 0 bridgehead atoms. The first-order valence-electron chi connectivity index (χ1n) is 5.19. The predicted molar refractivity (Wildman–Crippen MR) is 67.0 cm³/mol. The third kappa shape index (κ3) is 2.56. The molecule has 0 atom stereocenters. The molecule has 0 saturated heterocycles. The molecule has 0 aliphatic heterocycles. The van der Waals surface area contributed by atoms with E-state index in [4.69, 9.17) is 10.2 Å². The van der Waals surface area contributed by atoms with Crippen LogP contribution >= 0.6 is 0 Å². The fraction of sp³-hybridized carbons (Fsp3) is 0.0833. The Kier molecular flexibility index (Phi) is 3.42. The van der Waals surface area contributed by atoms with E-state index in [1.807, 2.05) is 0 Å². The standard InChI is InChI=1S/C12H12N2O3S/c13-18(16,17)12-2-1-9(8-15)7-11(12)10-3-5-14-6-4-10/h1-7,15H,8H2,(H2,13,16,17). The Morgan fingerprint density at radius 3 is 2.39 bits per heavy atom. The van der Waals surface area contributed by atoms with E-state index in [2.05, 4.69) is 4.98 Å². The van der Waals surface area contributed by atoms with E-state index >= 15 is 0 Å². The minimum Gasteiger partial charge on any atom is -0.392 e. The number of primary sulfonamides is 1. The lowest BCUT2D eigenvalue weighted by atomic mass is 10.0. The van der Waals surface area contributed by atoms with Crippen LogP contribution in [0.1, 0.15) is 5.56 Å². The van der Waals surface area contributed by atoms with Crippen molar-refractivity contribution in [2.45, 2.75) is 11.5 Å². The lowest BCUT2D eigenvalue weighted by Crippen LogP contribution is -2.13. The van der Waals surface area contributed by atoms with Crippen LogP contribution in [0.3, 0.4) is 0 Å².